The number of rotatable bonds is 9. The van der Waals surface area contributed by atoms with Gasteiger partial charge in [-0.1, -0.05) is 5.21 Å². The fourth-order valence-corrected chi connectivity index (χ4v) is 4.55. The van der Waals surface area contributed by atoms with Gasteiger partial charge in [-0.05, 0) is 59.3 Å². The maximum absolute atomic E-state index is 12.4. The number of piperidine rings is 2. The van der Waals surface area contributed by atoms with Crippen molar-refractivity contribution in [2.24, 2.45) is 0 Å². The molecule has 2 aromatic rings. The highest BCUT2D eigenvalue weighted by molar-refractivity contribution is 5.68. The Bertz CT molecular complexity index is 1010. The van der Waals surface area contributed by atoms with Gasteiger partial charge >= 0.3 is 6.09 Å². The Morgan fingerprint density at radius 3 is 2.59 bits per heavy atom. The first-order valence-corrected chi connectivity index (χ1v) is 13.4. The molecule has 37 heavy (non-hydrogen) atoms. The SMILES string of the molecule is CC(C)(C)OC(=O)N1CCC(Nc2cc(N3CCCCC3)nc(NCc3cn(CCCO)nn3)n2)CC1. The predicted octanol–water partition coefficient (Wildman–Crippen LogP) is 2.86. The number of aromatic nitrogens is 5. The normalized spacial score (nSPS) is 17.1. The smallest absolute Gasteiger partial charge is 0.410 e. The van der Waals surface area contributed by atoms with Gasteiger partial charge in [-0.25, -0.2) is 4.79 Å². The molecule has 0 spiro atoms. The minimum atomic E-state index is -0.491. The van der Waals surface area contributed by atoms with Crippen molar-refractivity contribution < 1.29 is 14.6 Å². The number of anilines is 3. The van der Waals surface area contributed by atoms with Crippen LogP contribution < -0.4 is 15.5 Å². The lowest BCUT2D eigenvalue weighted by molar-refractivity contribution is 0.0210. The van der Waals surface area contributed by atoms with Gasteiger partial charge in [0.15, 0.2) is 0 Å². The minimum Gasteiger partial charge on any atom is -0.444 e. The molecule has 2 aliphatic rings. The van der Waals surface area contributed by atoms with Gasteiger partial charge in [0.2, 0.25) is 5.95 Å². The van der Waals surface area contributed by atoms with E-state index in [2.05, 4.69) is 25.8 Å². The molecule has 2 fully saturated rings. The first-order valence-electron chi connectivity index (χ1n) is 13.4. The summed E-state index contributed by atoms with van der Waals surface area (Å²) >= 11 is 0. The second-order valence-corrected chi connectivity index (χ2v) is 10.8. The Kier molecular flexibility index (Phi) is 9.01. The number of nitrogens with one attached hydrogen (secondary N) is 2. The van der Waals surface area contributed by atoms with Crippen LogP contribution in [-0.2, 0) is 17.8 Å². The van der Waals surface area contributed by atoms with Gasteiger partial charge in [0.25, 0.3) is 0 Å². The van der Waals surface area contributed by atoms with Crippen molar-refractivity contribution in [1.29, 1.82) is 0 Å². The maximum atomic E-state index is 12.4. The summed E-state index contributed by atoms with van der Waals surface area (Å²) < 4.78 is 7.25. The third-order valence-corrected chi connectivity index (χ3v) is 6.45. The molecule has 0 saturated carbocycles. The number of aliphatic hydroxyl groups is 1. The van der Waals surface area contributed by atoms with E-state index in [-0.39, 0.29) is 18.7 Å². The van der Waals surface area contributed by atoms with Crippen LogP contribution in [0.25, 0.3) is 0 Å². The lowest BCUT2D eigenvalue weighted by Gasteiger charge is -2.34. The molecule has 0 atom stereocenters. The van der Waals surface area contributed by atoms with Crippen LogP contribution in [0.4, 0.5) is 22.4 Å². The number of nitrogens with zero attached hydrogens (tertiary/aromatic N) is 7. The number of carbonyl (C=O) groups excluding carboxylic acids is 1. The molecule has 0 radical (unpaired) electrons. The fraction of sp³-hybridized carbons (Fsp3) is 0.720. The molecule has 1 amide bonds. The Morgan fingerprint density at radius 2 is 1.89 bits per heavy atom. The average Bonchev–Trinajstić information content (AvgIpc) is 3.34. The van der Waals surface area contributed by atoms with Crippen LogP contribution in [0.5, 0.6) is 0 Å². The molecular formula is C25H41N9O3. The fourth-order valence-electron chi connectivity index (χ4n) is 4.55. The summed E-state index contributed by atoms with van der Waals surface area (Å²) in [6.07, 6.45) is 7.48. The quantitative estimate of drug-likeness (QED) is 0.458. The Hall–Kier alpha value is -3.15. The van der Waals surface area contributed by atoms with E-state index in [4.69, 9.17) is 19.8 Å². The average molecular weight is 516 g/mol. The zero-order chi connectivity index (χ0) is 26.3. The number of hydrogen-bond donors (Lipinski definition) is 3. The summed E-state index contributed by atoms with van der Waals surface area (Å²) in [5.74, 6) is 2.24. The van der Waals surface area contributed by atoms with E-state index in [1.54, 1.807) is 9.58 Å². The van der Waals surface area contributed by atoms with Crippen molar-refractivity contribution in [1.82, 2.24) is 29.9 Å². The summed E-state index contributed by atoms with van der Waals surface area (Å²) in [6.45, 7) is 10.1. The lowest BCUT2D eigenvalue weighted by Crippen LogP contribution is -2.44. The monoisotopic (exact) mass is 515 g/mol. The van der Waals surface area contributed by atoms with Gasteiger partial charge in [-0.2, -0.15) is 9.97 Å². The van der Waals surface area contributed by atoms with Gasteiger partial charge in [-0.15, -0.1) is 5.10 Å². The van der Waals surface area contributed by atoms with Crippen molar-refractivity contribution in [3.8, 4) is 0 Å². The third kappa shape index (κ3) is 8.17. The molecule has 3 N–H and O–H groups in total. The second kappa shape index (κ2) is 12.4. The molecule has 12 heteroatoms. The molecule has 2 saturated heterocycles. The van der Waals surface area contributed by atoms with Crippen LogP contribution in [-0.4, -0.2) is 85.5 Å². The number of hydrogen-bond acceptors (Lipinski definition) is 10. The highest BCUT2D eigenvalue weighted by Gasteiger charge is 2.27. The van der Waals surface area contributed by atoms with Crippen LogP contribution in [0, 0.1) is 0 Å². The van der Waals surface area contributed by atoms with Crippen molar-refractivity contribution in [2.45, 2.75) is 84.0 Å². The van der Waals surface area contributed by atoms with Crippen molar-refractivity contribution in [2.75, 3.05) is 48.3 Å². The molecule has 2 aliphatic heterocycles. The molecule has 204 valence electrons. The van der Waals surface area contributed by atoms with Crippen molar-refractivity contribution in [3.63, 3.8) is 0 Å². The molecule has 0 bridgehead atoms. The summed E-state index contributed by atoms with van der Waals surface area (Å²) in [6, 6.07) is 2.24. The van der Waals surface area contributed by atoms with Crippen LogP contribution in [0.15, 0.2) is 12.3 Å². The Labute approximate surface area is 218 Å². The zero-order valence-corrected chi connectivity index (χ0v) is 22.3. The zero-order valence-electron chi connectivity index (χ0n) is 22.3. The van der Waals surface area contributed by atoms with E-state index in [0.29, 0.717) is 38.5 Å². The van der Waals surface area contributed by atoms with E-state index < -0.39 is 5.60 Å². The van der Waals surface area contributed by atoms with Crippen LogP contribution in [0.1, 0.15) is 65.0 Å². The first-order chi connectivity index (χ1) is 17.8. The highest BCUT2D eigenvalue weighted by atomic mass is 16.6. The largest absolute Gasteiger partial charge is 0.444 e. The molecule has 0 unspecified atom stereocenters. The summed E-state index contributed by atoms with van der Waals surface area (Å²) in [5.41, 5.74) is 0.295. The predicted molar refractivity (Wildman–Crippen MR) is 142 cm³/mol. The third-order valence-electron chi connectivity index (χ3n) is 6.45. The van der Waals surface area contributed by atoms with Gasteiger partial charge in [0.1, 0.15) is 22.9 Å². The van der Waals surface area contributed by atoms with Gasteiger partial charge in [0, 0.05) is 51.4 Å². The van der Waals surface area contributed by atoms with E-state index in [1.165, 1.54) is 6.42 Å². The number of amides is 1. The topological polar surface area (TPSA) is 134 Å². The van der Waals surface area contributed by atoms with Gasteiger partial charge in [-0.3, -0.25) is 4.68 Å². The lowest BCUT2D eigenvalue weighted by atomic mass is 10.1. The molecule has 12 nitrogen and oxygen atoms in total. The van der Waals surface area contributed by atoms with Crippen LogP contribution in [0.3, 0.4) is 0 Å². The van der Waals surface area contributed by atoms with E-state index in [1.807, 2.05) is 33.0 Å². The number of aliphatic hydroxyl groups excluding tert-OH is 1. The Morgan fingerprint density at radius 1 is 1.14 bits per heavy atom. The summed E-state index contributed by atoms with van der Waals surface area (Å²) in [4.78, 5) is 26.1. The molecular weight excluding hydrogens is 474 g/mol. The molecule has 4 heterocycles. The summed E-state index contributed by atoms with van der Waals surface area (Å²) in [7, 11) is 0. The minimum absolute atomic E-state index is 0.125. The summed E-state index contributed by atoms with van der Waals surface area (Å²) in [5, 5.41) is 24.2. The maximum Gasteiger partial charge on any atom is 0.410 e. The van der Waals surface area contributed by atoms with Crippen LogP contribution >= 0.6 is 0 Å². The molecule has 0 aromatic carbocycles. The molecule has 2 aromatic heterocycles. The van der Waals surface area contributed by atoms with Gasteiger partial charge < -0.3 is 30.3 Å². The molecule has 4 rings (SSSR count). The van der Waals surface area contributed by atoms with Crippen molar-refractivity contribution >= 4 is 23.7 Å². The van der Waals surface area contributed by atoms with E-state index in [0.717, 1.165) is 56.1 Å². The number of carbonyl (C=O) groups is 1. The Balaban J connectivity index is 1.39. The number of ether oxygens (including phenoxy) is 1. The number of aryl methyl sites for hydroxylation is 1. The van der Waals surface area contributed by atoms with Crippen molar-refractivity contribution in [3.05, 3.63) is 18.0 Å². The van der Waals surface area contributed by atoms with E-state index >= 15 is 0 Å². The number of likely N-dealkylation sites (tertiary alicyclic amines) is 1. The van der Waals surface area contributed by atoms with E-state index in [9.17, 15) is 4.79 Å². The van der Waals surface area contributed by atoms with Crippen LogP contribution in [0.2, 0.25) is 0 Å². The first kappa shape index (κ1) is 26.9. The second-order valence-electron chi connectivity index (χ2n) is 10.8. The molecule has 0 aliphatic carbocycles. The highest BCUT2D eigenvalue weighted by Crippen LogP contribution is 2.24. The van der Waals surface area contributed by atoms with Gasteiger partial charge in [0.05, 0.1) is 12.7 Å². The standard InChI is InChI=1S/C25H41N9O3/c1-25(2,3)37-24(36)33-13-8-19(9-14-33)27-21-16-22(32-10-5-4-6-11-32)29-23(28-21)26-17-20-18-34(31-30-20)12-7-15-35/h16,18-19,35H,4-15,17H2,1-3H3,(H2,26,27,28,29).